The first-order valence-corrected chi connectivity index (χ1v) is 7.17. The van der Waals surface area contributed by atoms with E-state index in [1.807, 2.05) is 30.3 Å². The lowest BCUT2D eigenvalue weighted by atomic mass is 10.0. The summed E-state index contributed by atoms with van der Waals surface area (Å²) in [4.78, 5) is 0. The number of hydrogen-bond acceptors (Lipinski definition) is 0. The van der Waals surface area contributed by atoms with Gasteiger partial charge in [-0.05, 0) is 35.4 Å². The van der Waals surface area contributed by atoms with Crippen LogP contribution in [0.25, 0.3) is 11.1 Å². The highest BCUT2D eigenvalue weighted by Gasteiger charge is 2.09. The zero-order chi connectivity index (χ0) is 12.4. The van der Waals surface area contributed by atoms with E-state index in [4.69, 9.17) is 34.8 Å². The van der Waals surface area contributed by atoms with E-state index in [1.54, 1.807) is 6.07 Å². The number of hydrogen-bond donors (Lipinski definition) is 0. The van der Waals surface area contributed by atoms with Crippen LogP contribution in [0.3, 0.4) is 0 Å². The van der Waals surface area contributed by atoms with Crippen molar-refractivity contribution >= 4 is 50.7 Å². The molecule has 0 heterocycles. The average Bonchev–Trinajstić information content (AvgIpc) is 2.30. The summed E-state index contributed by atoms with van der Waals surface area (Å²) in [6.07, 6.45) is 0. The maximum Gasteiger partial charge on any atom is 0.0499 e. The molecule has 2 aromatic carbocycles. The summed E-state index contributed by atoms with van der Waals surface area (Å²) in [7, 11) is 0. The van der Waals surface area contributed by atoms with Crippen molar-refractivity contribution in [2.24, 2.45) is 0 Å². The summed E-state index contributed by atoms with van der Waals surface area (Å²) in [6, 6.07) is 11.2. The van der Waals surface area contributed by atoms with Gasteiger partial charge in [0.05, 0.1) is 0 Å². The fraction of sp³-hybridized carbons (Fsp3) is 0.0769. The topological polar surface area (TPSA) is 0 Å². The molecule has 0 aliphatic rings. The fourth-order valence-electron chi connectivity index (χ4n) is 1.64. The predicted octanol–water partition coefficient (Wildman–Crippen LogP) is 6.21. The monoisotopic (exact) mass is 348 g/mol. The van der Waals surface area contributed by atoms with Gasteiger partial charge in [-0.1, -0.05) is 62.9 Å². The van der Waals surface area contributed by atoms with Crippen molar-refractivity contribution in [3.63, 3.8) is 0 Å². The molecular weight excluding hydrogens is 342 g/mol. The van der Waals surface area contributed by atoms with Gasteiger partial charge in [-0.25, -0.2) is 0 Å². The normalized spacial score (nSPS) is 10.6. The van der Waals surface area contributed by atoms with Crippen LogP contribution in [0.2, 0.25) is 15.1 Å². The number of rotatable bonds is 2. The van der Waals surface area contributed by atoms with Crippen LogP contribution in [0.15, 0.2) is 36.4 Å². The lowest BCUT2D eigenvalue weighted by molar-refractivity contribution is 1.43. The molecule has 4 heteroatoms. The quantitative estimate of drug-likeness (QED) is 0.565. The highest BCUT2D eigenvalue weighted by Crippen LogP contribution is 2.34. The van der Waals surface area contributed by atoms with Crippen molar-refractivity contribution in [2.45, 2.75) is 5.33 Å². The molecule has 0 aliphatic carbocycles. The maximum atomic E-state index is 6.20. The molecule has 0 saturated heterocycles. The van der Waals surface area contributed by atoms with E-state index in [0.717, 1.165) is 22.0 Å². The Morgan fingerprint density at radius 3 is 2.00 bits per heavy atom. The molecule has 0 aliphatic heterocycles. The molecule has 0 bridgehead atoms. The first-order chi connectivity index (χ1) is 8.11. The molecule has 2 rings (SSSR count). The third-order valence-corrected chi connectivity index (χ3v) is 3.82. The fourth-order valence-corrected chi connectivity index (χ4v) is 2.81. The zero-order valence-electron chi connectivity index (χ0n) is 8.68. The smallest absolute Gasteiger partial charge is 0.0499 e. The lowest BCUT2D eigenvalue weighted by Crippen LogP contribution is -1.87. The van der Waals surface area contributed by atoms with Crippen molar-refractivity contribution in [3.8, 4) is 11.1 Å². The van der Waals surface area contributed by atoms with Crippen LogP contribution in [0, 0.1) is 0 Å². The van der Waals surface area contributed by atoms with Crippen LogP contribution in [-0.4, -0.2) is 0 Å². The van der Waals surface area contributed by atoms with Crippen LogP contribution >= 0.6 is 50.7 Å². The van der Waals surface area contributed by atoms with Crippen LogP contribution in [0.4, 0.5) is 0 Å². The molecule has 2 aromatic rings. The van der Waals surface area contributed by atoms with E-state index in [2.05, 4.69) is 15.9 Å². The first-order valence-electron chi connectivity index (χ1n) is 4.91. The number of alkyl halides is 1. The second kappa shape index (κ2) is 5.62. The summed E-state index contributed by atoms with van der Waals surface area (Å²) in [5.41, 5.74) is 3.12. The van der Waals surface area contributed by atoms with Crippen molar-refractivity contribution in [2.75, 3.05) is 0 Å². The second-order valence-corrected chi connectivity index (χ2v) is 5.40. The van der Waals surface area contributed by atoms with Crippen LogP contribution in [-0.2, 0) is 5.33 Å². The molecule has 0 amide bonds. The summed E-state index contributed by atoms with van der Waals surface area (Å²) in [5.74, 6) is 0. The summed E-state index contributed by atoms with van der Waals surface area (Å²) < 4.78 is 0. The van der Waals surface area contributed by atoms with Gasteiger partial charge < -0.3 is 0 Å². The van der Waals surface area contributed by atoms with Crippen molar-refractivity contribution < 1.29 is 0 Å². The Bertz CT molecular complexity index is 552. The van der Waals surface area contributed by atoms with Gasteiger partial charge in [-0.3, -0.25) is 0 Å². The summed E-state index contributed by atoms with van der Waals surface area (Å²) in [6.45, 7) is 0. The van der Waals surface area contributed by atoms with Crippen molar-refractivity contribution in [1.29, 1.82) is 0 Å². The molecule has 88 valence electrons. The molecule has 0 atom stereocenters. The van der Waals surface area contributed by atoms with E-state index >= 15 is 0 Å². The van der Waals surface area contributed by atoms with Gasteiger partial charge in [-0.2, -0.15) is 0 Å². The molecule has 0 fully saturated rings. The Morgan fingerprint density at radius 2 is 1.41 bits per heavy atom. The molecule has 17 heavy (non-hydrogen) atoms. The summed E-state index contributed by atoms with van der Waals surface area (Å²) >= 11 is 21.5. The van der Waals surface area contributed by atoms with Gasteiger partial charge in [0, 0.05) is 26.0 Å². The minimum absolute atomic E-state index is 0.633. The van der Waals surface area contributed by atoms with Gasteiger partial charge in [0.1, 0.15) is 0 Å². The molecule has 0 spiro atoms. The van der Waals surface area contributed by atoms with E-state index in [1.165, 1.54) is 0 Å². The number of halogens is 4. The molecule has 0 radical (unpaired) electrons. The van der Waals surface area contributed by atoms with E-state index < -0.39 is 0 Å². The van der Waals surface area contributed by atoms with E-state index in [9.17, 15) is 0 Å². The highest BCUT2D eigenvalue weighted by atomic mass is 79.9. The lowest BCUT2D eigenvalue weighted by Gasteiger charge is -2.10. The Hall–Kier alpha value is -0.210. The van der Waals surface area contributed by atoms with Crippen LogP contribution in [0.1, 0.15) is 5.56 Å². The SMILES string of the molecule is Clc1ccc(-c2ccc(Cl)cc2CBr)c(Cl)c1. The second-order valence-electron chi connectivity index (χ2n) is 3.56. The minimum Gasteiger partial charge on any atom is -0.0876 e. The standard InChI is InChI=1S/C13H8BrCl3/c14-7-8-5-9(15)1-3-11(8)12-4-2-10(16)6-13(12)17/h1-6H,7H2. The van der Waals surface area contributed by atoms with Gasteiger partial charge in [0.25, 0.3) is 0 Å². The van der Waals surface area contributed by atoms with Crippen molar-refractivity contribution in [3.05, 3.63) is 57.0 Å². The Kier molecular flexibility index (Phi) is 4.37. The highest BCUT2D eigenvalue weighted by molar-refractivity contribution is 9.08. The maximum absolute atomic E-state index is 6.20. The average molecular weight is 350 g/mol. The first kappa shape index (κ1) is 13.2. The van der Waals surface area contributed by atoms with Crippen molar-refractivity contribution in [1.82, 2.24) is 0 Å². The molecule has 0 N–H and O–H groups in total. The number of benzene rings is 2. The van der Waals surface area contributed by atoms with Gasteiger partial charge >= 0.3 is 0 Å². The molecule has 0 nitrogen and oxygen atoms in total. The van der Waals surface area contributed by atoms with Gasteiger partial charge in [0.2, 0.25) is 0 Å². The van der Waals surface area contributed by atoms with E-state index in [-0.39, 0.29) is 0 Å². The Labute approximate surface area is 124 Å². The minimum atomic E-state index is 0.633. The Balaban J connectivity index is 2.60. The van der Waals surface area contributed by atoms with Crippen LogP contribution in [0.5, 0.6) is 0 Å². The van der Waals surface area contributed by atoms with Gasteiger partial charge in [-0.15, -0.1) is 0 Å². The van der Waals surface area contributed by atoms with Crippen LogP contribution < -0.4 is 0 Å². The summed E-state index contributed by atoms with van der Waals surface area (Å²) in [5, 5.41) is 2.71. The van der Waals surface area contributed by atoms with Gasteiger partial charge in [0.15, 0.2) is 0 Å². The third kappa shape index (κ3) is 2.97. The predicted molar refractivity (Wildman–Crippen MR) is 79.5 cm³/mol. The largest absolute Gasteiger partial charge is 0.0876 e. The molecule has 0 unspecified atom stereocenters. The molecule has 0 aromatic heterocycles. The molecular formula is C13H8BrCl3. The Morgan fingerprint density at radius 1 is 0.824 bits per heavy atom. The zero-order valence-corrected chi connectivity index (χ0v) is 12.5. The third-order valence-electron chi connectivity index (χ3n) is 2.43. The molecule has 0 saturated carbocycles. The van der Waals surface area contributed by atoms with E-state index in [0.29, 0.717) is 15.1 Å².